The van der Waals surface area contributed by atoms with Gasteiger partial charge in [0.25, 0.3) is 12.3 Å². The molecule has 1 heterocycles. The van der Waals surface area contributed by atoms with Crippen LogP contribution in [0, 0.1) is 0 Å². The molecule has 0 spiro atoms. The van der Waals surface area contributed by atoms with Crippen LogP contribution in [0.5, 0.6) is 11.6 Å². The molecule has 0 aliphatic carbocycles. The van der Waals surface area contributed by atoms with Crippen molar-refractivity contribution in [3.8, 4) is 11.6 Å². The van der Waals surface area contributed by atoms with E-state index in [-0.39, 0.29) is 12.1 Å². The molecule has 0 atom stereocenters. The normalized spacial score (nSPS) is 11.8. The number of nitrogens with two attached hydrogens (primary N) is 1. The molecule has 0 unspecified atom stereocenters. The second-order valence-corrected chi connectivity index (χ2v) is 3.09. The van der Waals surface area contributed by atoms with Crippen molar-refractivity contribution < 1.29 is 31.4 Å². The largest absolute Gasteiger partial charge is 0.574 e. The highest BCUT2D eigenvalue weighted by molar-refractivity contribution is 5.46. The highest BCUT2D eigenvalue weighted by Crippen LogP contribution is 2.39. The lowest BCUT2D eigenvalue weighted by atomic mass is 10.1. The van der Waals surface area contributed by atoms with E-state index in [9.17, 15) is 22.0 Å². The Morgan fingerprint density at radius 3 is 2.39 bits per heavy atom. The number of pyridine rings is 1. The molecule has 1 aromatic rings. The van der Waals surface area contributed by atoms with Crippen LogP contribution >= 0.6 is 0 Å². The van der Waals surface area contributed by atoms with Gasteiger partial charge in [-0.2, -0.15) is 0 Å². The molecule has 0 saturated heterocycles. The number of ether oxygens (including phenoxy) is 2. The molecule has 0 amide bonds. The first-order valence-corrected chi connectivity index (χ1v) is 4.59. The van der Waals surface area contributed by atoms with Gasteiger partial charge in [0.15, 0.2) is 5.75 Å². The predicted molar refractivity (Wildman–Crippen MR) is 50.3 cm³/mol. The smallest absolute Gasteiger partial charge is 0.491 e. The number of methoxy groups -OCH3 is 1. The first kappa shape index (κ1) is 14.4. The van der Waals surface area contributed by atoms with Gasteiger partial charge in [-0.05, 0) is 5.56 Å². The van der Waals surface area contributed by atoms with Crippen molar-refractivity contribution in [2.75, 3.05) is 7.11 Å². The zero-order valence-corrected chi connectivity index (χ0v) is 9.09. The molecule has 0 saturated carbocycles. The highest BCUT2D eigenvalue weighted by Gasteiger charge is 2.35. The molecule has 0 aliphatic heterocycles. The molecule has 1 aromatic heterocycles. The van der Waals surface area contributed by atoms with Crippen molar-refractivity contribution in [1.29, 1.82) is 0 Å². The molecular weight excluding hydrogens is 263 g/mol. The quantitative estimate of drug-likeness (QED) is 0.855. The van der Waals surface area contributed by atoms with Crippen molar-refractivity contribution in [1.82, 2.24) is 4.98 Å². The molecule has 4 nitrogen and oxygen atoms in total. The number of rotatable bonds is 4. The highest BCUT2D eigenvalue weighted by atomic mass is 19.4. The molecule has 2 N–H and O–H groups in total. The first-order valence-electron chi connectivity index (χ1n) is 4.59. The van der Waals surface area contributed by atoms with E-state index < -0.39 is 30.0 Å². The third kappa shape index (κ3) is 3.19. The van der Waals surface area contributed by atoms with Crippen LogP contribution in [0.1, 0.15) is 17.6 Å². The Morgan fingerprint density at radius 2 is 2.00 bits per heavy atom. The SMILES string of the molecule is COc1c(OC(F)(F)F)ncc(CN)c1C(F)F. The van der Waals surface area contributed by atoms with Crippen LogP contribution < -0.4 is 15.2 Å². The summed E-state index contributed by atoms with van der Waals surface area (Å²) in [7, 11) is 0.937. The summed E-state index contributed by atoms with van der Waals surface area (Å²) in [5, 5.41) is 0. The van der Waals surface area contributed by atoms with Gasteiger partial charge in [-0.25, -0.2) is 13.8 Å². The van der Waals surface area contributed by atoms with Crippen LogP contribution in [0.2, 0.25) is 0 Å². The third-order valence-corrected chi connectivity index (χ3v) is 1.98. The molecule has 1 rings (SSSR count). The summed E-state index contributed by atoms with van der Waals surface area (Å²) in [4.78, 5) is 3.27. The summed E-state index contributed by atoms with van der Waals surface area (Å²) >= 11 is 0. The van der Waals surface area contributed by atoms with Crippen LogP contribution in [0.4, 0.5) is 22.0 Å². The van der Waals surface area contributed by atoms with Crippen molar-refractivity contribution in [3.05, 3.63) is 17.3 Å². The Kier molecular flexibility index (Phi) is 4.28. The third-order valence-electron chi connectivity index (χ3n) is 1.98. The summed E-state index contributed by atoms with van der Waals surface area (Å²) in [5.41, 5.74) is 4.33. The molecule has 0 radical (unpaired) electrons. The zero-order chi connectivity index (χ0) is 13.9. The fourth-order valence-corrected chi connectivity index (χ4v) is 1.31. The molecule has 18 heavy (non-hydrogen) atoms. The molecule has 102 valence electrons. The Labute approximate surface area is 98.5 Å². The molecule has 0 bridgehead atoms. The summed E-state index contributed by atoms with van der Waals surface area (Å²) in [5.74, 6) is -1.84. The van der Waals surface area contributed by atoms with Crippen LogP contribution in [0.3, 0.4) is 0 Å². The fraction of sp³-hybridized carbons (Fsp3) is 0.444. The maximum absolute atomic E-state index is 12.8. The van der Waals surface area contributed by atoms with Crippen LogP contribution in [0.25, 0.3) is 0 Å². The van der Waals surface area contributed by atoms with Gasteiger partial charge < -0.3 is 15.2 Å². The molecule has 0 aromatic carbocycles. The number of hydrogen-bond acceptors (Lipinski definition) is 4. The summed E-state index contributed by atoms with van der Waals surface area (Å²) in [6, 6.07) is 0. The topological polar surface area (TPSA) is 57.4 Å². The maximum Gasteiger partial charge on any atom is 0.574 e. The molecule has 0 aliphatic rings. The monoisotopic (exact) mass is 272 g/mol. The van der Waals surface area contributed by atoms with Crippen LogP contribution in [-0.2, 0) is 6.54 Å². The zero-order valence-electron chi connectivity index (χ0n) is 9.09. The number of alkyl halides is 5. The van der Waals surface area contributed by atoms with Gasteiger partial charge >= 0.3 is 6.36 Å². The minimum atomic E-state index is -5.05. The average Bonchev–Trinajstić information content (AvgIpc) is 2.26. The molecule has 0 fully saturated rings. The second kappa shape index (κ2) is 5.34. The first-order chi connectivity index (χ1) is 8.30. The van der Waals surface area contributed by atoms with Crippen molar-refractivity contribution in [2.45, 2.75) is 19.3 Å². The fourth-order valence-electron chi connectivity index (χ4n) is 1.31. The van der Waals surface area contributed by atoms with E-state index in [1.807, 2.05) is 0 Å². The number of nitrogens with zero attached hydrogens (tertiary/aromatic N) is 1. The van der Waals surface area contributed by atoms with Gasteiger partial charge in [-0.15, -0.1) is 13.2 Å². The predicted octanol–water partition coefficient (Wildman–Crippen LogP) is 2.39. The summed E-state index contributed by atoms with van der Waals surface area (Å²) < 4.78 is 69.7. The Hall–Kier alpha value is -1.64. The van der Waals surface area contributed by atoms with E-state index in [1.54, 1.807) is 0 Å². The lowest BCUT2D eigenvalue weighted by Gasteiger charge is -2.16. The van der Waals surface area contributed by atoms with E-state index in [0.717, 1.165) is 13.3 Å². The number of aromatic nitrogens is 1. The second-order valence-electron chi connectivity index (χ2n) is 3.09. The van der Waals surface area contributed by atoms with Gasteiger partial charge in [0.1, 0.15) is 0 Å². The van der Waals surface area contributed by atoms with E-state index in [0.29, 0.717) is 0 Å². The minimum Gasteiger partial charge on any atom is -0.491 e. The van der Waals surface area contributed by atoms with E-state index in [1.165, 1.54) is 0 Å². The molecule has 9 heteroatoms. The minimum absolute atomic E-state index is 0.114. The van der Waals surface area contributed by atoms with Crippen LogP contribution in [-0.4, -0.2) is 18.5 Å². The molecular formula is C9H9F5N2O2. The van der Waals surface area contributed by atoms with Gasteiger partial charge in [0, 0.05) is 12.7 Å². The van der Waals surface area contributed by atoms with Crippen LogP contribution in [0.15, 0.2) is 6.20 Å². The number of halogens is 5. The van der Waals surface area contributed by atoms with Gasteiger partial charge in [0.2, 0.25) is 0 Å². The summed E-state index contributed by atoms with van der Waals surface area (Å²) in [6.07, 6.45) is -7.31. The van der Waals surface area contributed by atoms with Gasteiger partial charge in [0.05, 0.1) is 12.7 Å². The standard InChI is InChI=1S/C9H9F5N2O2/c1-17-6-5(7(10)11)4(2-15)3-16-8(6)18-9(12,13)14/h3,7H,2,15H2,1H3. The lowest BCUT2D eigenvalue weighted by Crippen LogP contribution is -2.19. The van der Waals surface area contributed by atoms with E-state index >= 15 is 0 Å². The summed E-state index contributed by atoms with van der Waals surface area (Å²) in [6.45, 7) is -0.310. The van der Waals surface area contributed by atoms with Crippen molar-refractivity contribution >= 4 is 0 Å². The Morgan fingerprint density at radius 1 is 1.39 bits per heavy atom. The van der Waals surface area contributed by atoms with E-state index in [2.05, 4.69) is 14.5 Å². The van der Waals surface area contributed by atoms with Gasteiger partial charge in [-0.1, -0.05) is 0 Å². The van der Waals surface area contributed by atoms with Crippen molar-refractivity contribution in [2.24, 2.45) is 5.73 Å². The van der Waals surface area contributed by atoms with Gasteiger partial charge in [-0.3, -0.25) is 0 Å². The Balaban J connectivity index is 3.33. The van der Waals surface area contributed by atoms with E-state index in [4.69, 9.17) is 5.73 Å². The number of hydrogen-bond donors (Lipinski definition) is 1. The van der Waals surface area contributed by atoms with Crippen molar-refractivity contribution in [3.63, 3.8) is 0 Å². The lowest BCUT2D eigenvalue weighted by molar-refractivity contribution is -0.276. The maximum atomic E-state index is 12.8. The Bertz CT molecular complexity index is 422. The average molecular weight is 272 g/mol.